The Labute approximate surface area is 173 Å². The Morgan fingerprint density at radius 3 is 2.13 bits per heavy atom. The van der Waals surface area contributed by atoms with Gasteiger partial charge in [0.2, 0.25) is 5.91 Å². The predicted molar refractivity (Wildman–Crippen MR) is 109 cm³/mol. The molecule has 0 saturated carbocycles. The van der Waals surface area contributed by atoms with Gasteiger partial charge in [-0.05, 0) is 22.3 Å². The lowest BCUT2D eigenvalue weighted by Gasteiger charge is -2.17. The Kier molecular flexibility index (Phi) is 6.68. The first-order valence-electron chi connectivity index (χ1n) is 9.65. The van der Waals surface area contributed by atoms with E-state index in [9.17, 15) is 14.4 Å². The molecule has 0 aliphatic heterocycles. The van der Waals surface area contributed by atoms with Gasteiger partial charge in [-0.25, -0.2) is 9.59 Å². The summed E-state index contributed by atoms with van der Waals surface area (Å²) in [5.74, 6) is -2.68. The van der Waals surface area contributed by atoms with Gasteiger partial charge in [-0.3, -0.25) is 4.79 Å². The monoisotopic (exact) mass is 412 g/mol. The summed E-state index contributed by atoms with van der Waals surface area (Å²) in [6.45, 7) is 0.954. The van der Waals surface area contributed by atoms with Crippen molar-refractivity contribution in [1.82, 2.24) is 10.6 Å². The molecular formula is C22H24N2O6. The molecule has 0 heterocycles. The number of carboxylic acids is 1. The maximum Gasteiger partial charge on any atom is 0.407 e. The molecule has 8 nitrogen and oxygen atoms in total. The molecule has 0 radical (unpaired) electrons. The molecule has 4 N–H and O–H groups in total. The molecule has 1 aliphatic carbocycles. The number of nitrogens with one attached hydrogen (secondary N) is 2. The highest BCUT2D eigenvalue weighted by Gasteiger charge is 2.29. The molecule has 0 saturated heterocycles. The Morgan fingerprint density at radius 2 is 1.60 bits per heavy atom. The number of alkyl carbamates (subject to hydrolysis) is 1. The number of fused-ring (bicyclic) bond motifs is 3. The minimum absolute atomic E-state index is 0.0275. The van der Waals surface area contributed by atoms with Crippen LogP contribution < -0.4 is 10.6 Å². The first-order chi connectivity index (χ1) is 14.4. The third kappa shape index (κ3) is 4.60. The van der Waals surface area contributed by atoms with E-state index >= 15 is 0 Å². The van der Waals surface area contributed by atoms with Crippen LogP contribution in [0.3, 0.4) is 0 Å². The second kappa shape index (κ2) is 9.41. The van der Waals surface area contributed by atoms with Crippen molar-refractivity contribution in [2.75, 3.05) is 19.8 Å². The van der Waals surface area contributed by atoms with E-state index in [1.807, 2.05) is 48.5 Å². The molecule has 0 fully saturated rings. The molecule has 30 heavy (non-hydrogen) atoms. The van der Waals surface area contributed by atoms with Crippen molar-refractivity contribution in [3.63, 3.8) is 0 Å². The average Bonchev–Trinajstić information content (AvgIpc) is 3.07. The molecule has 2 amide bonds. The Balaban J connectivity index is 1.53. The predicted octanol–water partition coefficient (Wildman–Crippen LogP) is 1.72. The number of aliphatic carboxylic acids is 1. The number of aliphatic hydroxyl groups is 1. The molecule has 2 atom stereocenters. The van der Waals surface area contributed by atoms with E-state index in [-0.39, 0.29) is 19.1 Å². The number of hydrogen-bond donors (Lipinski definition) is 4. The second-order valence-corrected chi connectivity index (χ2v) is 7.19. The molecule has 3 rings (SSSR count). The molecule has 0 bridgehead atoms. The zero-order valence-electron chi connectivity index (χ0n) is 16.5. The molecule has 0 spiro atoms. The summed E-state index contributed by atoms with van der Waals surface area (Å²) in [6, 6.07) is 14.6. The summed E-state index contributed by atoms with van der Waals surface area (Å²) in [6.07, 6.45) is -0.659. The van der Waals surface area contributed by atoms with E-state index < -0.39 is 36.5 Å². The van der Waals surface area contributed by atoms with Crippen LogP contribution in [0, 0.1) is 5.92 Å². The first-order valence-corrected chi connectivity index (χ1v) is 9.65. The smallest absolute Gasteiger partial charge is 0.407 e. The largest absolute Gasteiger partial charge is 0.480 e. The Hall–Kier alpha value is -3.39. The van der Waals surface area contributed by atoms with Crippen LogP contribution >= 0.6 is 0 Å². The lowest BCUT2D eigenvalue weighted by atomic mass is 9.98. The second-order valence-electron chi connectivity index (χ2n) is 7.19. The third-order valence-electron chi connectivity index (χ3n) is 5.14. The van der Waals surface area contributed by atoms with Crippen molar-refractivity contribution in [3.8, 4) is 11.1 Å². The molecule has 1 aliphatic rings. The highest BCUT2D eigenvalue weighted by atomic mass is 16.5. The van der Waals surface area contributed by atoms with Gasteiger partial charge in [-0.2, -0.15) is 0 Å². The Bertz CT molecular complexity index is 899. The fourth-order valence-electron chi connectivity index (χ4n) is 3.48. The number of carboxylic acid groups (broad SMARTS) is 1. The standard InChI is InChI=1S/C22H24N2O6/c1-13(20(26)24-19(11-25)21(27)28)10-23-22(29)30-12-18-16-8-4-2-6-14(16)15-7-3-5-9-17(15)18/h2-9,13,18-19,25H,10-12H2,1H3,(H,23,29)(H,24,26)(H,27,28)/t13?,19-/m0/s1. The van der Waals surface area contributed by atoms with Crippen LogP contribution in [0.2, 0.25) is 0 Å². The number of hydrogen-bond acceptors (Lipinski definition) is 5. The first kappa shape index (κ1) is 21.3. The van der Waals surface area contributed by atoms with Gasteiger partial charge >= 0.3 is 12.1 Å². The summed E-state index contributed by atoms with van der Waals surface area (Å²) in [7, 11) is 0. The molecular weight excluding hydrogens is 388 g/mol. The van der Waals surface area contributed by atoms with E-state index in [0.29, 0.717) is 0 Å². The summed E-state index contributed by atoms with van der Waals surface area (Å²) in [5.41, 5.74) is 4.46. The van der Waals surface area contributed by atoms with Crippen LogP contribution in [0.15, 0.2) is 48.5 Å². The lowest BCUT2D eigenvalue weighted by Crippen LogP contribution is -2.47. The summed E-state index contributed by atoms with van der Waals surface area (Å²) < 4.78 is 5.39. The zero-order valence-corrected chi connectivity index (χ0v) is 16.5. The van der Waals surface area contributed by atoms with Gasteiger partial charge in [0.05, 0.1) is 12.5 Å². The van der Waals surface area contributed by atoms with Crippen LogP contribution in [-0.4, -0.2) is 54.0 Å². The Morgan fingerprint density at radius 1 is 1.03 bits per heavy atom. The van der Waals surface area contributed by atoms with Gasteiger partial charge in [0, 0.05) is 12.5 Å². The molecule has 0 aromatic heterocycles. The number of ether oxygens (including phenoxy) is 1. The highest BCUT2D eigenvalue weighted by Crippen LogP contribution is 2.44. The van der Waals surface area contributed by atoms with Crippen LogP contribution in [0.5, 0.6) is 0 Å². The maximum atomic E-state index is 12.1. The number of aliphatic hydroxyl groups excluding tert-OH is 1. The van der Waals surface area contributed by atoms with Crippen molar-refractivity contribution in [1.29, 1.82) is 0 Å². The molecule has 158 valence electrons. The highest BCUT2D eigenvalue weighted by molar-refractivity contribution is 5.85. The van der Waals surface area contributed by atoms with Crippen molar-refractivity contribution >= 4 is 18.0 Å². The topological polar surface area (TPSA) is 125 Å². The van der Waals surface area contributed by atoms with E-state index in [4.69, 9.17) is 14.9 Å². The number of amides is 2. The van der Waals surface area contributed by atoms with Crippen LogP contribution in [0.25, 0.3) is 11.1 Å². The fourth-order valence-corrected chi connectivity index (χ4v) is 3.48. The number of carbonyl (C=O) groups is 3. The maximum absolute atomic E-state index is 12.1. The minimum atomic E-state index is -1.38. The van der Waals surface area contributed by atoms with Crippen molar-refractivity contribution in [2.24, 2.45) is 5.92 Å². The van der Waals surface area contributed by atoms with Crippen molar-refractivity contribution in [3.05, 3.63) is 59.7 Å². The SMILES string of the molecule is CC(CNC(=O)OCC1c2ccccc2-c2ccccc21)C(=O)N[C@@H](CO)C(=O)O. The number of rotatable bonds is 8. The van der Waals surface area contributed by atoms with Gasteiger partial charge in [-0.1, -0.05) is 55.5 Å². The van der Waals surface area contributed by atoms with E-state index in [1.54, 1.807) is 0 Å². The molecule has 8 heteroatoms. The molecule has 2 aromatic rings. The normalized spacial score (nSPS) is 14.2. The zero-order chi connectivity index (χ0) is 21.7. The third-order valence-corrected chi connectivity index (χ3v) is 5.14. The quantitative estimate of drug-likeness (QED) is 0.523. The van der Waals surface area contributed by atoms with Gasteiger partial charge in [0.25, 0.3) is 0 Å². The van der Waals surface area contributed by atoms with Crippen molar-refractivity contribution in [2.45, 2.75) is 18.9 Å². The van der Waals surface area contributed by atoms with Crippen LogP contribution in [0.1, 0.15) is 24.0 Å². The fraction of sp³-hybridized carbons (Fsp3) is 0.318. The van der Waals surface area contributed by atoms with E-state index in [0.717, 1.165) is 22.3 Å². The van der Waals surface area contributed by atoms with Crippen LogP contribution in [-0.2, 0) is 14.3 Å². The van der Waals surface area contributed by atoms with E-state index in [2.05, 4.69) is 10.6 Å². The van der Waals surface area contributed by atoms with Gasteiger partial charge in [-0.15, -0.1) is 0 Å². The number of carbonyl (C=O) groups excluding carboxylic acids is 2. The summed E-state index contributed by atoms with van der Waals surface area (Å²) in [4.78, 5) is 35.0. The average molecular weight is 412 g/mol. The lowest BCUT2D eigenvalue weighted by molar-refractivity contribution is -0.143. The van der Waals surface area contributed by atoms with Crippen LogP contribution in [0.4, 0.5) is 4.79 Å². The minimum Gasteiger partial charge on any atom is -0.480 e. The molecule has 1 unspecified atom stereocenters. The van der Waals surface area contributed by atoms with Gasteiger partial charge < -0.3 is 25.6 Å². The van der Waals surface area contributed by atoms with E-state index in [1.165, 1.54) is 6.92 Å². The van der Waals surface area contributed by atoms with Gasteiger partial charge in [0.1, 0.15) is 12.6 Å². The molecule has 2 aromatic carbocycles. The van der Waals surface area contributed by atoms with Gasteiger partial charge in [0.15, 0.2) is 0 Å². The summed E-state index contributed by atoms with van der Waals surface area (Å²) in [5, 5.41) is 22.6. The number of benzene rings is 2. The summed E-state index contributed by atoms with van der Waals surface area (Å²) >= 11 is 0. The van der Waals surface area contributed by atoms with Crippen molar-refractivity contribution < 1.29 is 29.3 Å².